The van der Waals surface area contributed by atoms with E-state index in [0.717, 1.165) is 7.11 Å². The first-order valence-electron chi connectivity index (χ1n) is 11.9. The number of methoxy groups -OCH3 is 1. The average molecular weight is 559 g/mol. The van der Waals surface area contributed by atoms with Crippen LogP contribution in [0.1, 0.15) is 38.8 Å². The Balaban J connectivity index is 2.21. The first-order chi connectivity index (χ1) is 18.8. The van der Waals surface area contributed by atoms with Crippen molar-refractivity contribution in [2.24, 2.45) is 5.73 Å². The van der Waals surface area contributed by atoms with E-state index in [1.165, 1.54) is 64.1 Å². The number of ether oxygens (including phenoxy) is 5. The van der Waals surface area contributed by atoms with Gasteiger partial charge in [0.2, 0.25) is 5.91 Å². The van der Waals surface area contributed by atoms with Gasteiger partial charge < -0.3 is 34.7 Å². The van der Waals surface area contributed by atoms with Crippen molar-refractivity contribution in [1.29, 1.82) is 0 Å². The second-order valence-corrected chi connectivity index (χ2v) is 8.54. The lowest BCUT2D eigenvalue weighted by molar-refractivity contribution is -0.145. The van der Waals surface area contributed by atoms with Crippen LogP contribution in [0.2, 0.25) is 0 Å². The van der Waals surface area contributed by atoms with Crippen LogP contribution in [0.25, 0.3) is 0 Å². The zero-order chi connectivity index (χ0) is 30.0. The molecule has 0 heterocycles. The van der Waals surface area contributed by atoms with Crippen molar-refractivity contribution in [2.75, 3.05) is 7.11 Å². The summed E-state index contributed by atoms with van der Waals surface area (Å²) >= 11 is 0. The van der Waals surface area contributed by atoms with Crippen molar-refractivity contribution < 1.29 is 52.5 Å². The minimum absolute atomic E-state index is 0.0000286. The summed E-state index contributed by atoms with van der Waals surface area (Å²) in [7, 11) is 1.15. The third-order valence-corrected chi connectivity index (χ3v) is 5.07. The molecule has 2 aromatic carbocycles. The molecular weight excluding hydrogens is 528 g/mol. The Morgan fingerprint density at radius 1 is 0.675 bits per heavy atom. The molecule has 3 N–H and O–H groups in total. The molecule has 2 rings (SSSR count). The Morgan fingerprint density at radius 2 is 1.07 bits per heavy atom. The summed E-state index contributed by atoms with van der Waals surface area (Å²) in [5.74, 6) is -4.07. The normalized spacial score (nSPS) is 11.8. The highest BCUT2D eigenvalue weighted by atomic mass is 16.6. The molecule has 0 fully saturated rings. The molecule has 0 aromatic heterocycles. The van der Waals surface area contributed by atoms with E-state index in [0.29, 0.717) is 11.1 Å². The fourth-order valence-corrected chi connectivity index (χ4v) is 3.50. The Morgan fingerprint density at radius 3 is 1.48 bits per heavy atom. The third-order valence-electron chi connectivity index (χ3n) is 5.07. The Hall–Kier alpha value is -4.78. The highest BCUT2D eigenvalue weighted by molar-refractivity contribution is 5.88. The van der Waals surface area contributed by atoms with Crippen LogP contribution in [0, 0.1) is 0 Å². The molecule has 0 aliphatic carbocycles. The number of esters is 5. The smallest absolute Gasteiger partial charge is 0.328 e. The lowest BCUT2D eigenvalue weighted by atomic mass is 10.0. The van der Waals surface area contributed by atoms with Crippen molar-refractivity contribution >= 4 is 35.8 Å². The number of nitrogens with one attached hydrogen (secondary N) is 1. The van der Waals surface area contributed by atoms with Crippen molar-refractivity contribution in [3.05, 3.63) is 47.5 Å². The van der Waals surface area contributed by atoms with E-state index in [9.17, 15) is 28.8 Å². The molecule has 0 saturated heterocycles. The topological polar surface area (TPSA) is 187 Å². The van der Waals surface area contributed by atoms with Crippen LogP contribution in [0.5, 0.6) is 23.0 Å². The number of hydrogen-bond donors (Lipinski definition) is 2. The second kappa shape index (κ2) is 14.4. The van der Waals surface area contributed by atoms with Gasteiger partial charge in [-0.15, -0.1) is 0 Å². The van der Waals surface area contributed by atoms with Gasteiger partial charge in [0, 0.05) is 34.1 Å². The number of carbonyl (C=O) groups is 6. The van der Waals surface area contributed by atoms with E-state index < -0.39 is 47.8 Å². The minimum Gasteiger partial charge on any atom is -0.467 e. The lowest BCUT2D eigenvalue weighted by Gasteiger charge is -2.20. The average Bonchev–Trinajstić information content (AvgIpc) is 2.85. The van der Waals surface area contributed by atoms with E-state index in [2.05, 4.69) is 5.32 Å². The lowest BCUT2D eigenvalue weighted by Crippen LogP contribution is -2.50. The van der Waals surface area contributed by atoms with E-state index in [1.807, 2.05) is 0 Å². The van der Waals surface area contributed by atoms with E-state index in [4.69, 9.17) is 29.4 Å². The highest BCUT2D eigenvalue weighted by Crippen LogP contribution is 2.30. The van der Waals surface area contributed by atoms with Gasteiger partial charge in [0.05, 0.1) is 13.2 Å². The van der Waals surface area contributed by atoms with Crippen LogP contribution in [-0.2, 0) is 46.3 Å². The van der Waals surface area contributed by atoms with Crippen LogP contribution < -0.4 is 30.0 Å². The standard InChI is InChI=1S/C27H30N2O11/c1-14(30)37-22-8-6-18(12-24(22)39-16(3)32)10-20(28)26(34)29-21(27(35)36-5)11-19-7-9-23(38-15(2)31)25(13-19)40-17(4)33/h6-9,12-13,20-21H,10-11,28H2,1-5H3,(H,29,34). The fourth-order valence-electron chi connectivity index (χ4n) is 3.50. The molecule has 13 heteroatoms. The molecule has 13 nitrogen and oxygen atoms in total. The molecule has 214 valence electrons. The van der Waals surface area contributed by atoms with E-state index >= 15 is 0 Å². The SMILES string of the molecule is COC(=O)C(Cc1ccc(OC(C)=O)c(OC(C)=O)c1)NC(=O)C(N)Cc1ccc(OC(C)=O)c(OC(C)=O)c1. The van der Waals surface area contributed by atoms with Crippen molar-refractivity contribution in [2.45, 2.75) is 52.6 Å². The zero-order valence-electron chi connectivity index (χ0n) is 22.6. The fraction of sp³-hybridized carbons (Fsp3) is 0.333. The first-order valence-corrected chi connectivity index (χ1v) is 11.9. The minimum atomic E-state index is -1.17. The summed E-state index contributed by atoms with van der Waals surface area (Å²) in [6.45, 7) is 4.72. The van der Waals surface area contributed by atoms with E-state index in [-0.39, 0.29) is 35.8 Å². The van der Waals surface area contributed by atoms with Gasteiger partial charge in [-0.3, -0.25) is 24.0 Å². The predicted octanol–water partition coefficient (Wildman–Crippen LogP) is 1.16. The predicted molar refractivity (Wildman–Crippen MR) is 137 cm³/mol. The Kier molecular flexibility index (Phi) is 11.3. The van der Waals surface area contributed by atoms with Crippen molar-refractivity contribution in [3.63, 3.8) is 0 Å². The summed E-state index contributed by atoms with van der Waals surface area (Å²) in [5.41, 5.74) is 7.02. The summed E-state index contributed by atoms with van der Waals surface area (Å²) in [4.78, 5) is 71.0. The Bertz CT molecular complexity index is 1310. The second-order valence-electron chi connectivity index (χ2n) is 8.54. The van der Waals surface area contributed by atoms with Gasteiger partial charge >= 0.3 is 29.8 Å². The molecule has 1 amide bonds. The monoisotopic (exact) mass is 558 g/mol. The molecule has 0 spiro atoms. The first kappa shape index (κ1) is 31.4. The van der Waals surface area contributed by atoms with Crippen molar-refractivity contribution in [3.8, 4) is 23.0 Å². The van der Waals surface area contributed by atoms with Gasteiger partial charge in [-0.25, -0.2) is 4.79 Å². The van der Waals surface area contributed by atoms with Gasteiger partial charge in [0.1, 0.15) is 6.04 Å². The molecule has 40 heavy (non-hydrogen) atoms. The molecular formula is C27H30N2O11. The maximum absolute atomic E-state index is 12.9. The molecule has 2 atom stereocenters. The maximum Gasteiger partial charge on any atom is 0.328 e. The molecule has 0 aliphatic heterocycles. The molecule has 0 saturated carbocycles. The van der Waals surface area contributed by atoms with Crippen LogP contribution >= 0.6 is 0 Å². The number of amides is 1. The van der Waals surface area contributed by atoms with Crippen LogP contribution in [0.3, 0.4) is 0 Å². The quantitative estimate of drug-likeness (QED) is 0.296. The molecule has 0 aliphatic rings. The van der Waals surface area contributed by atoms with Crippen molar-refractivity contribution in [1.82, 2.24) is 5.32 Å². The van der Waals surface area contributed by atoms with Crippen LogP contribution in [0.15, 0.2) is 36.4 Å². The largest absolute Gasteiger partial charge is 0.467 e. The highest BCUT2D eigenvalue weighted by Gasteiger charge is 2.26. The summed E-state index contributed by atoms with van der Waals surface area (Å²) in [5, 5.41) is 2.54. The van der Waals surface area contributed by atoms with Gasteiger partial charge in [-0.1, -0.05) is 12.1 Å². The molecule has 0 bridgehead atoms. The van der Waals surface area contributed by atoms with Crippen LogP contribution in [-0.4, -0.2) is 54.9 Å². The van der Waals surface area contributed by atoms with Gasteiger partial charge in [0.25, 0.3) is 0 Å². The number of carbonyl (C=O) groups excluding carboxylic acids is 6. The van der Waals surface area contributed by atoms with Gasteiger partial charge in [-0.2, -0.15) is 0 Å². The number of rotatable bonds is 11. The summed E-state index contributed by atoms with van der Waals surface area (Å²) in [6.07, 6.45) is -0.102. The maximum atomic E-state index is 12.9. The Labute approximate surface area is 229 Å². The number of hydrogen-bond acceptors (Lipinski definition) is 12. The number of nitrogens with two attached hydrogens (primary N) is 1. The third kappa shape index (κ3) is 9.83. The molecule has 2 unspecified atom stereocenters. The van der Waals surface area contributed by atoms with Crippen LogP contribution in [0.4, 0.5) is 0 Å². The summed E-state index contributed by atoms with van der Waals surface area (Å²) < 4.78 is 25.1. The molecule has 2 aromatic rings. The van der Waals surface area contributed by atoms with Gasteiger partial charge in [0.15, 0.2) is 23.0 Å². The van der Waals surface area contributed by atoms with E-state index in [1.54, 1.807) is 0 Å². The number of benzene rings is 2. The zero-order valence-corrected chi connectivity index (χ0v) is 22.6. The summed E-state index contributed by atoms with van der Waals surface area (Å²) in [6, 6.07) is 6.34. The molecule has 0 radical (unpaired) electrons. The van der Waals surface area contributed by atoms with Gasteiger partial charge in [-0.05, 0) is 41.8 Å².